The molecule has 1 amide bonds. The maximum absolute atomic E-state index is 11.6. The van der Waals surface area contributed by atoms with Gasteiger partial charge in [0, 0.05) is 16.2 Å². The van der Waals surface area contributed by atoms with Crippen LogP contribution in [-0.4, -0.2) is 5.91 Å². The third-order valence-electron chi connectivity index (χ3n) is 2.16. The van der Waals surface area contributed by atoms with Crippen molar-refractivity contribution in [2.24, 2.45) is 0 Å². The molecule has 0 spiro atoms. The summed E-state index contributed by atoms with van der Waals surface area (Å²) in [5.41, 5.74) is 3.14. The number of amides is 1. The molecular weight excluding hydrogens is 210 g/mol. The minimum Gasteiger partial charge on any atom is -0.321 e. The maximum atomic E-state index is 11.6. The number of fused-ring (bicyclic) bond motifs is 1. The highest BCUT2D eigenvalue weighted by Crippen LogP contribution is 2.34. The second kappa shape index (κ2) is 3.55. The summed E-state index contributed by atoms with van der Waals surface area (Å²) in [6.45, 7) is 5.62. The van der Waals surface area contributed by atoms with Crippen molar-refractivity contribution in [1.29, 1.82) is 0 Å². The van der Waals surface area contributed by atoms with Crippen LogP contribution in [0.2, 0.25) is 5.02 Å². The number of hydrogen-bond donors (Lipinski definition) is 1. The van der Waals surface area contributed by atoms with Crippen molar-refractivity contribution in [1.82, 2.24) is 0 Å². The SMILES string of the molecule is C=C(C)C=C1C(=O)Nc2cc(Cl)ccc21. The van der Waals surface area contributed by atoms with E-state index in [0.29, 0.717) is 10.6 Å². The van der Waals surface area contributed by atoms with Crippen molar-refractivity contribution in [2.75, 3.05) is 5.32 Å². The number of carbonyl (C=O) groups excluding carboxylic acids is 1. The summed E-state index contributed by atoms with van der Waals surface area (Å²) in [6.07, 6.45) is 1.77. The van der Waals surface area contributed by atoms with Gasteiger partial charge in [0.15, 0.2) is 0 Å². The average molecular weight is 220 g/mol. The van der Waals surface area contributed by atoms with Gasteiger partial charge in [-0.25, -0.2) is 0 Å². The largest absolute Gasteiger partial charge is 0.321 e. The highest BCUT2D eigenvalue weighted by Gasteiger charge is 2.23. The molecule has 0 unspecified atom stereocenters. The Hall–Kier alpha value is -1.54. The zero-order valence-electron chi connectivity index (χ0n) is 8.30. The van der Waals surface area contributed by atoms with Gasteiger partial charge in [-0.05, 0) is 25.1 Å². The van der Waals surface area contributed by atoms with Crippen LogP contribution in [0, 0.1) is 0 Å². The monoisotopic (exact) mass is 219 g/mol. The maximum Gasteiger partial charge on any atom is 0.256 e. The van der Waals surface area contributed by atoms with E-state index in [9.17, 15) is 4.79 Å². The molecule has 1 N–H and O–H groups in total. The molecule has 15 heavy (non-hydrogen) atoms. The minimum absolute atomic E-state index is 0.102. The Labute approximate surface area is 93.3 Å². The summed E-state index contributed by atoms with van der Waals surface area (Å²) in [4.78, 5) is 11.6. The summed E-state index contributed by atoms with van der Waals surface area (Å²) < 4.78 is 0. The van der Waals surface area contributed by atoms with E-state index in [1.165, 1.54) is 0 Å². The number of nitrogens with one attached hydrogen (secondary N) is 1. The van der Waals surface area contributed by atoms with Crippen molar-refractivity contribution in [3.63, 3.8) is 0 Å². The highest BCUT2D eigenvalue weighted by atomic mass is 35.5. The van der Waals surface area contributed by atoms with Gasteiger partial charge in [-0.15, -0.1) is 0 Å². The second-order valence-corrected chi connectivity index (χ2v) is 3.98. The van der Waals surface area contributed by atoms with Crippen LogP contribution in [0.25, 0.3) is 5.57 Å². The number of carbonyl (C=O) groups is 1. The Balaban J connectivity index is 2.56. The summed E-state index contributed by atoms with van der Waals surface area (Å²) in [5, 5.41) is 3.38. The number of rotatable bonds is 1. The normalized spacial score (nSPS) is 16.4. The molecule has 0 saturated carbocycles. The van der Waals surface area contributed by atoms with Gasteiger partial charge in [0.2, 0.25) is 0 Å². The number of benzene rings is 1. The quantitative estimate of drug-likeness (QED) is 0.722. The van der Waals surface area contributed by atoms with E-state index in [1.54, 1.807) is 18.2 Å². The molecule has 0 radical (unpaired) electrons. The Morgan fingerprint density at radius 3 is 2.93 bits per heavy atom. The lowest BCUT2D eigenvalue weighted by atomic mass is 10.1. The number of allylic oxidation sites excluding steroid dienone is 2. The molecule has 0 saturated heterocycles. The van der Waals surface area contributed by atoms with Crippen LogP contribution in [0.3, 0.4) is 0 Å². The lowest BCUT2D eigenvalue weighted by molar-refractivity contribution is -0.110. The Bertz CT molecular complexity index is 488. The van der Waals surface area contributed by atoms with Crippen molar-refractivity contribution in [2.45, 2.75) is 6.92 Å². The minimum atomic E-state index is -0.102. The van der Waals surface area contributed by atoms with E-state index >= 15 is 0 Å². The second-order valence-electron chi connectivity index (χ2n) is 3.55. The summed E-state index contributed by atoms with van der Waals surface area (Å²) in [5.74, 6) is -0.102. The Kier molecular flexibility index (Phi) is 2.37. The molecule has 1 aliphatic heterocycles. The molecular formula is C12H10ClNO. The predicted octanol–water partition coefficient (Wildman–Crippen LogP) is 3.25. The molecule has 0 fully saturated rings. The molecule has 1 aromatic rings. The van der Waals surface area contributed by atoms with Crippen LogP contribution in [0.5, 0.6) is 0 Å². The zero-order valence-corrected chi connectivity index (χ0v) is 9.06. The predicted molar refractivity (Wildman–Crippen MR) is 62.9 cm³/mol. The molecule has 1 heterocycles. The lowest BCUT2D eigenvalue weighted by Crippen LogP contribution is -2.03. The average Bonchev–Trinajstić information content (AvgIpc) is 2.41. The Morgan fingerprint density at radius 2 is 2.27 bits per heavy atom. The molecule has 2 nitrogen and oxygen atoms in total. The first-order chi connectivity index (χ1) is 7.08. The van der Waals surface area contributed by atoms with Crippen LogP contribution >= 0.6 is 11.6 Å². The molecule has 1 aromatic carbocycles. The van der Waals surface area contributed by atoms with Gasteiger partial charge in [-0.3, -0.25) is 4.79 Å². The van der Waals surface area contributed by atoms with Gasteiger partial charge in [0.25, 0.3) is 5.91 Å². The highest BCUT2D eigenvalue weighted by molar-refractivity contribution is 6.34. The van der Waals surface area contributed by atoms with E-state index in [-0.39, 0.29) is 5.91 Å². The summed E-state index contributed by atoms with van der Waals surface area (Å²) in [7, 11) is 0. The van der Waals surface area contributed by atoms with Crippen LogP contribution in [0.15, 0.2) is 36.4 Å². The molecule has 0 atom stereocenters. The van der Waals surface area contributed by atoms with Gasteiger partial charge in [-0.1, -0.05) is 29.8 Å². The van der Waals surface area contributed by atoms with Gasteiger partial charge in [-0.2, -0.15) is 0 Å². The van der Waals surface area contributed by atoms with Crippen molar-refractivity contribution >= 4 is 28.8 Å². The zero-order chi connectivity index (χ0) is 11.0. The topological polar surface area (TPSA) is 29.1 Å². The first-order valence-corrected chi connectivity index (χ1v) is 4.94. The first kappa shape index (κ1) is 9.99. The van der Waals surface area contributed by atoms with Crippen molar-refractivity contribution in [3.8, 4) is 0 Å². The fourth-order valence-electron chi connectivity index (χ4n) is 1.56. The van der Waals surface area contributed by atoms with Crippen LogP contribution < -0.4 is 5.32 Å². The fraction of sp³-hybridized carbons (Fsp3) is 0.0833. The number of halogens is 1. The van der Waals surface area contributed by atoms with E-state index in [0.717, 1.165) is 16.8 Å². The van der Waals surface area contributed by atoms with Crippen molar-refractivity contribution < 1.29 is 4.79 Å². The van der Waals surface area contributed by atoms with E-state index in [1.807, 2.05) is 13.0 Å². The molecule has 0 aliphatic carbocycles. The third-order valence-corrected chi connectivity index (χ3v) is 2.39. The molecule has 3 heteroatoms. The molecule has 0 bridgehead atoms. The van der Waals surface area contributed by atoms with Gasteiger partial charge >= 0.3 is 0 Å². The third kappa shape index (κ3) is 1.81. The van der Waals surface area contributed by atoms with Gasteiger partial charge in [0.05, 0.1) is 5.69 Å². The number of hydrogen-bond acceptors (Lipinski definition) is 1. The van der Waals surface area contributed by atoms with Crippen molar-refractivity contribution in [3.05, 3.63) is 47.0 Å². The lowest BCUT2D eigenvalue weighted by Gasteiger charge is -1.98. The smallest absolute Gasteiger partial charge is 0.256 e. The molecule has 76 valence electrons. The standard InChI is InChI=1S/C12H10ClNO/c1-7(2)5-10-9-4-3-8(13)6-11(9)14-12(10)15/h3-6H,1H2,2H3,(H,14,15). The van der Waals surface area contributed by atoms with Gasteiger partial charge in [0.1, 0.15) is 0 Å². The van der Waals surface area contributed by atoms with E-state index < -0.39 is 0 Å². The summed E-state index contributed by atoms with van der Waals surface area (Å²) in [6, 6.07) is 5.35. The molecule has 0 aromatic heterocycles. The fourth-order valence-corrected chi connectivity index (χ4v) is 1.73. The van der Waals surface area contributed by atoms with Crippen LogP contribution in [-0.2, 0) is 4.79 Å². The first-order valence-electron chi connectivity index (χ1n) is 4.56. The Morgan fingerprint density at radius 1 is 1.53 bits per heavy atom. The van der Waals surface area contributed by atoms with Gasteiger partial charge < -0.3 is 5.32 Å². The number of anilines is 1. The van der Waals surface area contributed by atoms with Crippen LogP contribution in [0.1, 0.15) is 12.5 Å². The van der Waals surface area contributed by atoms with Crippen LogP contribution in [0.4, 0.5) is 5.69 Å². The van der Waals surface area contributed by atoms with E-state index in [4.69, 9.17) is 11.6 Å². The molecule has 1 aliphatic rings. The summed E-state index contributed by atoms with van der Waals surface area (Å²) >= 11 is 5.84. The van der Waals surface area contributed by atoms with E-state index in [2.05, 4.69) is 11.9 Å². The molecule has 2 rings (SSSR count).